The fourth-order valence-electron chi connectivity index (χ4n) is 2.15. The molecule has 1 aliphatic carbocycles. The molecule has 0 aromatic carbocycles. The van der Waals surface area contributed by atoms with Gasteiger partial charge in [0.2, 0.25) is 0 Å². The lowest BCUT2D eigenvalue weighted by Gasteiger charge is -2.25. The van der Waals surface area contributed by atoms with Gasteiger partial charge in [0.15, 0.2) is 0 Å². The number of rotatable bonds is 4. The third-order valence-electron chi connectivity index (χ3n) is 3.46. The van der Waals surface area contributed by atoms with Crippen LogP contribution < -0.4 is 11.1 Å². The molecule has 2 aromatic rings. The van der Waals surface area contributed by atoms with Gasteiger partial charge in [-0.05, 0) is 48.0 Å². The molecule has 3 rings (SSSR count). The summed E-state index contributed by atoms with van der Waals surface area (Å²) >= 11 is 1.44. The molecule has 1 fully saturated rings. The van der Waals surface area contributed by atoms with Gasteiger partial charge >= 0.3 is 0 Å². The fraction of sp³-hybridized carbons (Fsp3) is 0.385. The molecule has 3 N–H and O–H groups in total. The molecule has 4 nitrogen and oxygen atoms in total. The van der Waals surface area contributed by atoms with Gasteiger partial charge in [-0.25, -0.2) is 0 Å². The molecule has 0 bridgehead atoms. The van der Waals surface area contributed by atoms with Crippen LogP contribution in [0.5, 0.6) is 0 Å². The van der Waals surface area contributed by atoms with Crippen LogP contribution in [-0.4, -0.2) is 15.9 Å². The lowest BCUT2D eigenvalue weighted by Crippen LogP contribution is -2.20. The highest BCUT2D eigenvalue weighted by atomic mass is 32.1. The summed E-state index contributed by atoms with van der Waals surface area (Å²) in [5.74, 6) is 1.42. The van der Waals surface area contributed by atoms with Gasteiger partial charge in [-0.1, -0.05) is 6.42 Å². The molecule has 0 saturated heterocycles. The van der Waals surface area contributed by atoms with Crippen LogP contribution >= 0.6 is 11.5 Å². The third-order valence-corrected chi connectivity index (χ3v) is 4.28. The maximum absolute atomic E-state index is 5.97. The number of pyridine rings is 1. The van der Waals surface area contributed by atoms with Crippen LogP contribution in [0.4, 0.5) is 10.8 Å². The number of nitrogen functional groups attached to an aromatic ring is 1. The Bertz CT molecular complexity index is 519. The van der Waals surface area contributed by atoms with E-state index in [2.05, 4.69) is 14.7 Å². The Morgan fingerprint density at radius 1 is 1.33 bits per heavy atom. The normalized spacial score (nSPS) is 15.3. The van der Waals surface area contributed by atoms with Gasteiger partial charge in [-0.2, -0.15) is 4.37 Å². The highest BCUT2D eigenvalue weighted by Gasteiger charge is 2.19. The minimum absolute atomic E-state index is 0.599. The quantitative estimate of drug-likeness (QED) is 0.887. The summed E-state index contributed by atoms with van der Waals surface area (Å²) in [6.07, 6.45) is 7.61. The number of nitrogens with one attached hydrogen (secondary N) is 1. The molecule has 0 amide bonds. The summed E-state index contributed by atoms with van der Waals surface area (Å²) in [6.45, 7) is 1.03. The largest absolute Gasteiger partial charge is 0.382 e. The van der Waals surface area contributed by atoms with E-state index in [0.717, 1.165) is 28.6 Å². The zero-order chi connectivity index (χ0) is 12.4. The molecule has 2 aromatic heterocycles. The van der Waals surface area contributed by atoms with Gasteiger partial charge in [0.25, 0.3) is 0 Å². The summed E-state index contributed by atoms with van der Waals surface area (Å²) in [5.41, 5.74) is 8.06. The Hall–Kier alpha value is -1.62. The van der Waals surface area contributed by atoms with Crippen molar-refractivity contribution in [2.45, 2.75) is 19.3 Å². The van der Waals surface area contributed by atoms with Crippen LogP contribution in [0.15, 0.2) is 24.5 Å². The summed E-state index contributed by atoms with van der Waals surface area (Å²) < 4.78 is 4.25. The maximum Gasteiger partial charge on any atom is 0.147 e. The van der Waals surface area contributed by atoms with Gasteiger partial charge in [0.05, 0.1) is 5.56 Å². The van der Waals surface area contributed by atoms with Crippen LogP contribution in [-0.2, 0) is 0 Å². The Labute approximate surface area is 110 Å². The Morgan fingerprint density at radius 2 is 2.11 bits per heavy atom. The van der Waals surface area contributed by atoms with E-state index in [0.29, 0.717) is 5.82 Å². The molecule has 94 valence electrons. The van der Waals surface area contributed by atoms with E-state index in [1.807, 2.05) is 12.1 Å². The van der Waals surface area contributed by atoms with Crippen molar-refractivity contribution in [3.63, 3.8) is 0 Å². The third kappa shape index (κ3) is 2.18. The zero-order valence-corrected chi connectivity index (χ0v) is 10.9. The van der Waals surface area contributed by atoms with E-state index in [4.69, 9.17) is 5.73 Å². The van der Waals surface area contributed by atoms with E-state index >= 15 is 0 Å². The smallest absolute Gasteiger partial charge is 0.147 e. The Morgan fingerprint density at radius 3 is 2.78 bits per heavy atom. The fourth-order valence-corrected chi connectivity index (χ4v) is 2.90. The van der Waals surface area contributed by atoms with E-state index in [1.165, 1.54) is 30.8 Å². The number of nitrogens with zero attached hydrogens (tertiary/aromatic N) is 2. The first-order chi connectivity index (χ1) is 8.84. The maximum atomic E-state index is 5.97. The summed E-state index contributed by atoms with van der Waals surface area (Å²) in [6, 6.07) is 3.93. The topological polar surface area (TPSA) is 63.8 Å². The molecule has 18 heavy (non-hydrogen) atoms. The van der Waals surface area contributed by atoms with Crippen molar-refractivity contribution < 1.29 is 0 Å². The van der Waals surface area contributed by atoms with E-state index < -0.39 is 0 Å². The minimum Gasteiger partial charge on any atom is -0.382 e. The molecule has 0 atom stereocenters. The average molecular weight is 260 g/mol. The SMILES string of the molecule is Nc1nsc(NCC2CCC2)c1-c1ccncc1. The number of hydrogen-bond acceptors (Lipinski definition) is 5. The Kier molecular flexibility index (Phi) is 3.15. The van der Waals surface area contributed by atoms with Crippen LogP contribution in [0.3, 0.4) is 0 Å². The van der Waals surface area contributed by atoms with Crippen LogP contribution in [0.25, 0.3) is 11.1 Å². The highest BCUT2D eigenvalue weighted by molar-refractivity contribution is 7.11. The zero-order valence-electron chi connectivity index (χ0n) is 10.1. The summed E-state index contributed by atoms with van der Waals surface area (Å²) in [5, 5.41) is 4.56. The second-order valence-electron chi connectivity index (χ2n) is 4.69. The van der Waals surface area contributed by atoms with E-state index in [1.54, 1.807) is 12.4 Å². The Balaban J connectivity index is 1.82. The van der Waals surface area contributed by atoms with Gasteiger partial charge in [0.1, 0.15) is 10.8 Å². The van der Waals surface area contributed by atoms with Gasteiger partial charge < -0.3 is 11.1 Å². The van der Waals surface area contributed by atoms with Crippen molar-refractivity contribution in [1.82, 2.24) is 9.36 Å². The first kappa shape index (κ1) is 11.5. The highest BCUT2D eigenvalue weighted by Crippen LogP contribution is 2.37. The first-order valence-electron chi connectivity index (χ1n) is 6.24. The lowest BCUT2D eigenvalue weighted by molar-refractivity contribution is 0.333. The molecule has 0 spiro atoms. The predicted octanol–water partition coefficient (Wildman–Crippen LogP) is 3.00. The predicted molar refractivity (Wildman–Crippen MR) is 75.6 cm³/mol. The first-order valence-corrected chi connectivity index (χ1v) is 7.01. The van der Waals surface area contributed by atoms with Gasteiger partial charge in [0, 0.05) is 18.9 Å². The van der Waals surface area contributed by atoms with Crippen LogP contribution in [0.2, 0.25) is 0 Å². The molecule has 0 radical (unpaired) electrons. The molecule has 2 heterocycles. The second-order valence-corrected chi connectivity index (χ2v) is 5.46. The number of anilines is 2. The lowest BCUT2D eigenvalue weighted by atomic mass is 9.85. The second kappa shape index (κ2) is 4.94. The van der Waals surface area contributed by atoms with Crippen molar-refractivity contribution in [2.24, 2.45) is 5.92 Å². The van der Waals surface area contributed by atoms with E-state index in [-0.39, 0.29) is 0 Å². The van der Waals surface area contributed by atoms with Crippen molar-refractivity contribution in [3.8, 4) is 11.1 Å². The molecule has 1 saturated carbocycles. The summed E-state index contributed by atoms with van der Waals surface area (Å²) in [4.78, 5) is 4.03. The molecule has 0 aliphatic heterocycles. The van der Waals surface area contributed by atoms with Crippen LogP contribution in [0, 0.1) is 5.92 Å². The molecule has 5 heteroatoms. The number of hydrogen-bond donors (Lipinski definition) is 2. The standard InChI is InChI=1S/C13H16N4S/c14-12-11(10-4-6-15-7-5-10)13(18-17-12)16-8-9-2-1-3-9/h4-7,9,16H,1-3,8H2,(H2,14,17). The monoisotopic (exact) mass is 260 g/mol. The molecular weight excluding hydrogens is 244 g/mol. The van der Waals surface area contributed by atoms with Crippen molar-refractivity contribution in [3.05, 3.63) is 24.5 Å². The van der Waals surface area contributed by atoms with Crippen LogP contribution in [0.1, 0.15) is 19.3 Å². The van der Waals surface area contributed by atoms with Crippen molar-refractivity contribution in [1.29, 1.82) is 0 Å². The van der Waals surface area contributed by atoms with Gasteiger partial charge in [-0.3, -0.25) is 4.98 Å². The van der Waals surface area contributed by atoms with Crippen molar-refractivity contribution in [2.75, 3.05) is 17.6 Å². The van der Waals surface area contributed by atoms with E-state index in [9.17, 15) is 0 Å². The number of nitrogens with two attached hydrogens (primary N) is 1. The number of aromatic nitrogens is 2. The van der Waals surface area contributed by atoms with Gasteiger partial charge in [-0.15, -0.1) is 0 Å². The summed E-state index contributed by atoms with van der Waals surface area (Å²) in [7, 11) is 0. The minimum atomic E-state index is 0.599. The molecular formula is C13H16N4S. The molecule has 0 unspecified atom stereocenters. The van der Waals surface area contributed by atoms with Crippen molar-refractivity contribution >= 4 is 22.4 Å². The average Bonchev–Trinajstić information content (AvgIpc) is 2.70. The molecule has 1 aliphatic rings.